The topological polar surface area (TPSA) is 92.7 Å². The highest BCUT2D eigenvalue weighted by Gasteiger charge is 2.41. The number of piperidine rings is 1. The number of amides is 1. The van der Waals surface area contributed by atoms with Crippen LogP contribution in [0.1, 0.15) is 31.9 Å². The molecule has 0 radical (unpaired) electrons. The largest absolute Gasteiger partial charge is 0.492 e. The lowest BCUT2D eigenvalue weighted by atomic mass is 10.0. The zero-order valence-electron chi connectivity index (χ0n) is 19.7. The monoisotopic (exact) mass is 542 g/mol. The lowest BCUT2D eigenvalue weighted by Gasteiger charge is -2.35. The molecule has 4 heterocycles. The number of benzene rings is 1. The van der Waals surface area contributed by atoms with Gasteiger partial charge in [-0.05, 0) is 55.5 Å². The van der Waals surface area contributed by atoms with Gasteiger partial charge in [0.2, 0.25) is 5.91 Å². The summed E-state index contributed by atoms with van der Waals surface area (Å²) in [5.74, 6) is 0.361. The molecule has 1 aliphatic heterocycles. The minimum Gasteiger partial charge on any atom is -0.492 e. The molecule has 0 bridgehead atoms. The van der Waals surface area contributed by atoms with Crippen LogP contribution in [-0.4, -0.2) is 47.8 Å². The number of pyridine rings is 1. The maximum atomic E-state index is 14.1. The molecule has 1 amide bonds. The lowest BCUT2D eigenvalue weighted by Crippen LogP contribution is -2.52. The highest BCUT2D eigenvalue weighted by Crippen LogP contribution is 2.36. The number of anilines is 1. The first-order valence-electron chi connectivity index (χ1n) is 11.8. The third-order valence-electron chi connectivity index (χ3n) is 6.01. The summed E-state index contributed by atoms with van der Waals surface area (Å²) in [6.45, 7) is 2.91. The van der Waals surface area contributed by atoms with Gasteiger partial charge < -0.3 is 4.74 Å². The molecule has 11 heteroatoms. The van der Waals surface area contributed by atoms with Gasteiger partial charge in [-0.15, -0.1) is 11.3 Å². The maximum absolute atomic E-state index is 14.1. The van der Waals surface area contributed by atoms with E-state index >= 15 is 0 Å². The third kappa shape index (κ3) is 4.88. The fourth-order valence-corrected chi connectivity index (χ4v) is 8.10. The number of nitrogens with zero attached hydrogens (tertiary/aromatic N) is 4. The second-order valence-electron chi connectivity index (χ2n) is 8.34. The summed E-state index contributed by atoms with van der Waals surface area (Å²) in [6, 6.07) is 13.7. The molecule has 0 spiro atoms. The van der Waals surface area contributed by atoms with Gasteiger partial charge in [0.05, 0.1) is 23.5 Å². The fourth-order valence-electron chi connectivity index (χ4n) is 4.34. The molecule has 4 aromatic rings. The molecule has 188 valence electrons. The minimum atomic E-state index is -3.79. The van der Waals surface area contributed by atoms with Gasteiger partial charge in [-0.25, -0.2) is 13.4 Å². The summed E-state index contributed by atoms with van der Waals surface area (Å²) in [7, 11) is -3.79. The fraction of sp³-hybridized carbons (Fsp3) is 0.320. The van der Waals surface area contributed by atoms with Gasteiger partial charge in [0.15, 0.2) is 5.13 Å². The number of rotatable bonds is 8. The molecular weight excluding hydrogens is 517 g/mol. The molecule has 8 nitrogen and oxygen atoms in total. The van der Waals surface area contributed by atoms with Crippen molar-refractivity contribution in [2.45, 2.75) is 43.0 Å². The number of aromatic nitrogens is 2. The maximum Gasteiger partial charge on any atom is 0.253 e. The Labute approximate surface area is 218 Å². The lowest BCUT2D eigenvalue weighted by molar-refractivity contribution is -0.123. The van der Waals surface area contributed by atoms with Gasteiger partial charge in [-0.3, -0.25) is 14.7 Å². The summed E-state index contributed by atoms with van der Waals surface area (Å²) in [6.07, 6.45) is 3.63. The Bertz CT molecular complexity index is 1440. The van der Waals surface area contributed by atoms with Crippen LogP contribution in [0, 0.1) is 0 Å². The Hall–Kier alpha value is -2.86. The van der Waals surface area contributed by atoms with Crippen LogP contribution in [0.2, 0.25) is 0 Å². The van der Waals surface area contributed by atoms with Crippen molar-refractivity contribution in [1.29, 1.82) is 0 Å². The van der Waals surface area contributed by atoms with Gasteiger partial charge in [-0.1, -0.05) is 36.0 Å². The Balaban J connectivity index is 1.55. The van der Waals surface area contributed by atoms with Crippen molar-refractivity contribution in [3.05, 3.63) is 65.8 Å². The molecule has 1 atom stereocenters. The van der Waals surface area contributed by atoms with E-state index in [1.54, 1.807) is 28.6 Å². The smallest absolute Gasteiger partial charge is 0.253 e. The standard InChI is InChI=1S/C25H26N4O4S3/c1-2-33-20-11-7-12-21-23(20)27-25(35-21)28(17-18-9-3-5-14-26-18)24(30)19-10-4-6-15-29(19)36(31,32)22-13-8-16-34-22/h3,5,7-9,11-14,16,19H,2,4,6,10,15,17H2,1H3. The van der Waals surface area contributed by atoms with E-state index in [9.17, 15) is 13.2 Å². The second-order valence-corrected chi connectivity index (χ2v) is 12.4. The van der Waals surface area contributed by atoms with Gasteiger partial charge in [0.1, 0.15) is 21.5 Å². The Morgan fingerprint density at radius 3 is 2.81 bits per heavy atom. The third-order valence-corrected chi connectivity index (χ3v) is 10.3. The summed E-state index contributed by atoms with van der Waals surface area (Å²) in [5.41, 5.74) is 1.38. The quantitative estimate of drug-likeness (QED) is 0.314. The van der Waals surface area contributed by atoms with E-state index in [4.69, 9.17) is 9.72 Å². The number of hydrogen-bond acceptors (Lipinski definition) is 8. The molecule has 3 aromatic heterocycles. The van der Waals surface area contributed by atoms with Crippen LogP contribution in [0.15, 0.2) is 64.3 Å². The van der Waals surface area contributed by atoms with Gasteiger partial charge in [0, 0.05) is 12.7 Å². The Morgan fingerprint density at radius 2 is 2.06 bits per heavy atom. The number of para-hydroxylation sites is 1. The molecule has 1 unspecified atom stereocenters. The predicted molar refractivity (Wildman–Crippen MR) is 142 cm³/mol. The van der Waals surface area contributed by atoms with Crippen LogP contribution >= 0.6 is 22.7 Å². The first-order valence-corrected chi connectivity index (χ1v) is 14.9. The summed E-state index contributed by atoms with van der Waals surface area (Å²) in [4.78, 5) is 24.9. The van der Waals surface area contributed by atoms with E-state index in [0.717, 1.165) is 11.1 Å². The Kier molecular flexibility index (Phi) is 7.33. The van der Waals surface area contributed by atoms with Crippen molar-refractivity contribution < 1.29 is 17.9 Å². The molecule has 0 saturated carbocycles. The second kappa shape index (κ2) is 10.6. The first-order chi connectivity index (χ1) is 17.5. The number of thiophene rings is 1. The summed E-state index contributed by atoms with van der Waals surface area (Å²) in [5, 5.41) is 2.23. The molecule has 36 heavy (non-hydrogen) atoms. The van der Waals surface area contributed by atoms with E-state index in [2.05, 4.69) is 4.98 Å². The van der Waals surface area contributed by atoms with E-state index in [1.807, 2.05) is 43.3 Å². The zero-order valence-corrected chi connectivity index (χ0v) is 22.2. The number of thiazole rings is 1. The molecule has 0 aliphatic carbocycles. The van der Waals surface area contributed by atoms with Gasteiger partial charge in [0.25, 0.3) is 10.0 Å². The molecule has 1 saturated heterocycles. The molecule has 0 N–H and O–H groups in total. The highest BCUT2D eigenvalue weighted by molar-refractivity contribution is 7.91. The highest BCUT2D eigenvalue weighted by atomic mass is 32.2. The van der Waals surface area contributed by atoms with Crippen LogP contribution in [0.25, 0.3) is 10.2 Å². The number of ether oxygens (including phenoxy) is 1. The van der Waals surface area contributed by atoms with E-state index in [0.29, 0.717) is 48.1 Å². The normalized spacial score (nSPS) is 16.8. The van der Waals surface area contributed by atoms with Crippen LogP contribution in [0.5, 0.6) is 5.75 Å². The number of fused-ring (bicyclic) bond motifs is 1. The number of carbonyl (C=O) groups is 1. The minimum absolute atomic E-state index is 0.187. The van der Waals surface area contributed by atoms with Crippen molar-refractivity contribution in [3.8, 4) is 5.75 Å². The van der Waals surface area contributed by atoms with Crippen LogP contribution in [0.4, 0.5) is 5.13 Å². The zero-order chi connectivity index (χ0) is 25.1. The molecule has 1 aliphatic rings. The molecule has 1 aromatic carbocycles. The summed E-state index contributed by atoms with van der Waals surface area (Å²) >= 11 is 2.55. The van der Waals surface area contributed by atoms with Crippen molar-refractivity contribution >= 4 is 54.0 Å². The SMILES string of the molecule is CCOc1cccc2sc(N(Cc3ccccn3)C(=O)C3CCCCN3S(=O)(=O)c3cccs3)nc12. The van der Waals surface area contributed by atoms with Crippen molar-refractivity contribution in [2.75, 3.05) is 18.1 Å². The number of sulfonamides is 1. The van der Waals surface area contributed by atoms with Crippen LogP contribution in [-0.2, 0) is 21.4 Å². The molecule has 5 rings (SSSR count). The number of carbonyl (C=O) groups excluding carboxylic acids is 1. The van der Waals surface area contributed by atoms with E-state index in [1.165, 1.54) is 27.0 Å². The number of hydrogen-bond donors (Lipinski definition) is 0. The van der Waals surface area contributed by atoms with E-state index in [-0.39, 0.29) is 16.7 Å². The average Bonchev–Trinajstić information content (AvgIpc) is 3.59. The van der Waals surface area contributed by atoms with Crippen LogP contribution in [0.3, 0.4) is 0 Å². The van der Waals surface area contributed by atoms with Gasteiger partial charge in [-0.2, -0.15) is 4.31 Å². The van der Waals surface area contributed by atoms with Crippen molar-refractivity contribution in [2.24, 2.45) is 0 Å². The summed E-state index contributed by atoms with van der Waals surface area (Å²) < 4.78 is 35.2. The average molecular weight is 543 g/mol. The molecular formula is C25H26N4O4S3. The molecule has 1 fully saturated rings. The van der Waals surface area contributed by atoms with Crippen molar-refractivity contribution in [3.63, 3.8) is 0 Å². The predicted octanol–water partition coefficient (Wildman–Crippen LogP) is 4.93. The Morgan fingerprint density at radius 1 is 1.17 bits per heavy atom. The van der Waals surface area contributed by atoms with Crippen molar-refractivity contribution in [1.82, 2.24) is 14.3 Å². The van der Waals surface area contributed by atoms with E-state index < -0.39 is 16.1 Å². The van der Waals surface area contributed by atoms with Crippen LogP contribution < -0.4 is 9.64 Å². The first kappa shape index (κ1) is 24.8. The van der Waals surface area contributed by atoms with Gasteiger partial charge >= 0.3 is 0 Å².